The quantitative estimate of drug-likeness (QED) is 0.653. The van der Waals surface area contributed by atoms with Gasteiger partial charge in [-0.1, -0.05) is 11.8 Å². The van der Waals surface area contributed by atoms with Crippen molar-refractivity contribution in [2.45, 2.75) is 19.1 Å². The molecule has 2 rings (SSSR count). The van der Waals surface area contributed by atoms with Crippen LogP contribution >= 0.6 is 11.8 Å². The number of nitrogens with zero attached hydrogens (tertiary/aromatic N) is 1. The Labute approximate surface area is 108 Å². The molecule has 0 aliphatic rings. The fraction of sp³-hybridized carbons (Fsp3) is 0.333. The monoisotopic (exact) mass is 266 g/mol. The number of oxazole rings is 1. The second-order valence-corrected chi connectivity index (χ2v) is 5.61. The molecule has 1 aromatic heterocycles. The van der Waals surface area contributed by atoms with Crippen LogP contribution in [0.3, 0.4) is 0 Å². The number of carbonyl (C=O) groups is 1. The lowest BCUT2D eigenvalue weighted by atomic mass is 9.97. The summed E-state index contributed by atoms with van der Waals surface area (Å²) in [4.78, 5) is 15.2. The summed E-state index contributed by atoms with van der Waals surface area (Å²) in [6, 6.07) is 5.22. The summed E-state index contributed by atoms with van der Waals surface area (Å²) < 4.78 is 5.50. The number of hydrogen-bond acceptors (Lipinski definition) is 5. The molecule has 6 heteroatoms. The van der Waals surface area contributed by atoms with E-state index in [1.54, 1.807) is 32.0 Å². The summed E-state index contributed by atoms with van der Waals surface area (Å²) in [7, 11) is 0. The zero-order valence-corrected chi connectivity index (χ0v) is 11.0. The summed E-state index contributed by atoms with van der Waals surface area (Å²) in [5, 5.41) is 9.48. The highest BCUT2D eigenvalue weighted by Crippen LogP contribution is 2.30. The Morgan fingerprint density at radius 3 is 2.94 bits per heavy atom. The highest BCUT2D eigenvalue weighted by Gasteiger charge is 2.28. The van der Waals surface area contributed by atoms with Crippen molar-refractivity contribution >= 4 is 34.5 Å². The number of rotatable bonds is 4. The molecule has 96 valence electrons. The number of carboxylic acids is 1. The van der Waals surface area contributed by atoms with E-state index >= 15 is 0 Å². The Balaban J connectivity index is 2.15. The predicted molar refractivity (Wildman–Crippen MR) is 70.6 cm³/mol. The number of anilines is 1. The molecule has 0 unspecified atom stereocenters. The topological polar surface area (TPSA) is 89.4 Å². The molecule has 3 N–H and O–H groups in total. The lowest BCUT2D eigenvalue weighted by Crippen LogP contribution is -2.26. The van der Waals surface area contributed by atoms with Crippen LogP contribution in [0, 0.1) is 5.41 Å². The van der Waals surface area contributed by atoms with Crippen molar-refractivity contribution < 1.29 is 14.3 Å². The fourth-order valence-electron chi connectivity index (χ4n) is 1.29. The van der Waals surface area contributed by atoms with Crippen LogP contribution in [0.25, 0.3) is 11.1 Å². The van der Waals surface area contributed by atoms with E-state index in [-0.39, 0.29) is 0 Å². The number of hydrogen-bond donors (Lipinski definition) is 2. The average molecular weight is 266 g/mol. The van der Waals surface area contributed by atoms with Crippen LogP contribution in [0.2, 0.25) is 0 Å². The van der Waals surface area contributed by atoms with Gasteiger partial charge in [-0.05, 0) is 32.0 Å². The van der Waals surface area contributed by atoms with E-state index in [0.29, 0.717) is 27.8 Å². The molecule has 0 spiro atoms. The molecule has 0 aliphatic heterocycles. The molecule has 1 aromatic carbocycles. The number of carboxylic acid groups (broad SMARTS) is 1. The minimum atomic E-state index is -0.838. The SMILES string of the molecule is CC(C)(CSc1nc2cc(N)ccc2o1)C(=O)O. The van der Waals surface area contributed by atoms with Crippen LogP contribution in [0.5, 0.6) is 0 Å². The van der Waals surface area contributed by atoms with Gasteiger partial charge in [0.1, 0.15) is 5.52 Å². The first kappa shape index (κ1) is 12.8. The second-order valence-electron chi connectivity index (χ2n) is 4.68. The maximum absolute atomic E-state index is 11.0. The molecule has 0 amide bonds. The molecule has 5 nitrogen and oxygen atoms in total. The highest BCUT2D eigenvalue weighted by molar-refractivity contribution is 7.99. The molecular weight excluding hydrogens is 252 g/mol. The van der Waals surface area contributed by atoms with Crippen molar-refractivity contribution in [2.24, 2.45) is 5.41 Å². The van der Waals surface area contributed by atoms with E-state index in [2.05, 4.69) is 4.98 Å². The summed E-state index contributed by atoms with van der Waals surface area (Å²) >= 11 is 1.29. The number of aromatic nitrogens is 1. The van der Waals surface area contributed by atoms with Crippen LogP contribution in [0.4, 0.5) is 5.69 Å². The van der Waals surface area contributed by atoms with Crippen molar-refractivity contribution in [3.63, 3.8) is 0 Å². The minimum absolute atomic E-state index is 0.393. The van der Waals surface area contributed by atoms with Gasteiger partial charge in [0, 0.05) is 11.4 Å². The van der Waals surface area contributed by atoms with Crippen molar-refractivity contribution in [1.82, 2.24) is 4.98 Å². The molecule has 0 atom stereocenters. The molecular formula is C12H14N2O3S. The van der Waals surface area contributed by atoms with Gasteiger partial charge in [-0.25, -0.2) is 4.98 Å². The highest BCUT2D eigenvalue weighted by atomic mass is 32.2. The standard InChI is InChI=1S/C12H14N2O3S/c1-12(2,10(15)16)6-18-11-14-8-5-7(13)3-4-9(8)17-11/h3-5H,6,13H2,1-2H3,(H,15,16). The number of nitrogen functional groups attached to an aromatic ring is 1. The van der Waals surface area contributed by atoms with Crippen LogP contribution in [-0.2, 0) is 4.79 Å². The van der Waals surface area contributed by atoms with E-state index in [4.69, 9.17) is 15.3 Å². The van der Waals surface area contributed by atoms with Gasteiger partial charge in [0.15, 0.2) is 5.58 Å². The number of nitrogens with two attached hydrogens (primary N) is 1. The second kappa shape index (κ2) is 4.53. The number of benzene rings is 1. The Bertz CT molecular complexity index is 592. The molecule has 0 aliphatic carbocycles. The summed E-state index contributed by atoms with van der Waals surface area (Å²) in [5.74, 6) is -0.444. The lowest BCUT2D eigenvalue weighted by Gasteiger charge is -2.16. The molecule has 2 aromatic rings. The van der Waals surface area contributed by atoms with Gasteiger partial charge in [0.25, 0.3) is 5.22 Å². The molecule has 0 radical (unpaired) electrons. The molecule has 0 fully saturated rings. The molecule has 1 heterocycles. The Hall–Kier alpha value is -1.69. The third kappa shape index (κ3) is 2.59. The smallest absolute Gasteiger partial charge is 0.309 e. The van der Waals surface area contributed by atoms with Crippen molar-refractivity contribution in [1.29, 1.82) is 0 Å². The Morgan fingerprint density at radius 1 is 1.56 bits per heavy atom. The lowest BCUT2D eigenvalue weighted by molar-refractivity contribution is -0.145. The molecule has 0 saturated carbocycles. The third-order valence-electron chi connectivity index (χ3n) is 2.53. The van der Waals surface area contributed by atoms with Crippen LogP contribution in [0.1, 0.15) is 13.8 Å². The number of thioether (sulfide) groups is 1. The molecule has 18 heavy (non-hydrogen) atoms. The normalized spacial score (nSPS) is 11.9. The van der Waals surface area contributed by atoms with Crippen LogP contribution < -0.4 is 5.73 Å². The number of aliphatic carboxylic acids is 1. The van der Waals surface area contributed by atoms with E-state index in [0.717, 1.165) is 0 Å². The first-order chi connectivity index (χ1) is 8.38. The van der Waals surface area contributed by atoms with E-state index in [1.165, 1.54) is 11.8 Å². The van der Waals surface area contributed by atoms with Gasteiger partial charge in [-0.3, -0.25) is 4.79 Å². The zero-order chi connectivity index (χ0) is 13.3. The summed E-state index contributed by atoms with van der Waals surface area (Å²) in [6.07, 6.45) is 0. The van der Waals surface area contributed by atoms with Gasteiger partial charge in [-0.2, -0.15) is 0 Å². The van der Waals surface area contributed by atoms with E-state index in [9.17, 15) is 4.79 Å². The Morgan fingerprint density at radius 2 is 2.28 bits per heavy atom. The maximum atomic E-state index is 11.0. The summed E-state index contributed by atoms with van der Waals surface area (Å²) in [6.45, 7) is 3.34. The third-order valence-corrected chi connectivity index (χ3v) is 3.82. The van der Waals surface area contributed by atoms with Gasteiger partial charge in [0.2, 0.25) is 0 Å². The van der Waals surface area contributed by atoms with Gasteiger partial charge >= 0.3 is 5.97 Å². The van der Waals surface area contributed by atoms with Crippen molar-refractivity contribution in [3.05, 3.63) is 18.2 Å². The van der Waals surface area contributed by atoms with Crippen molar-refractivity contribution in [3.8, 4) is 0 Å². The summed E-state index contributed by atoms with van der Waals surface area (Å²) in [5.41, 5.74) is 6.80. The van der Waals surface area contributed by atoms with Crippen LogP contribution in [0.15, 0.2) is 27.8 Å². The first-order valence-electron chi connectivity index (χ1n) is 5.41. The first-order valence-corrected chi connectivity index (χ1v) is 6.39. The minimum Gasteiger partial charge on any atom is -0.481 e. The predicted octanol–water partition coefficient (Wildman–Crippen LogP) is 2.61. The van der Waals surface area contributed by atoms with Gasteiger partial charge < -0.3 is 15.3 Å². The molecule has 0 saturated heterocycles. The zero-order valence-electron chi connectivity index (χ0n) is 10.1. The average Bonchev–Trinajstić information content (AvgIpc) is 2.68. The van der Waals surface area contributed by atoms with Crippen LogP contribution in [-0.4, -0.2) is 21.8 Å². The van der Waals surface area contributed by atoms with Gasteiger partial charge in [0.05, 0.1) is 5.41 Å². The van der Waals surface area contributed by atoms with E-state index < -0.39 is 11.4 Å². The number of fused-ring (bicyclic) bond motifs is 1. The van der Waals surface area contributed by atoms with Gasteiger partial charge in [-0.15, -0.1) is 0 Å². The molecule has 0 bridgehead atoms. The Kier molecular flexibility index (Phi) is 3.21. The fourth-order valence-corrected chi connectivity index (χ4v) is 2.21. The largest absolute Gasteiger partial charge is 0.481 e. The van der Waals surface area contributed by atoms with E-state index in [1.807, 2.05) is 0 Å². The maximum Gasteiger partial charge on any atom is 0.309 e. The van der Waals surface area contributed by atoms with Crippen molar-refractivity contribution in [2.75, 3.05) is 11.5 Å².